The van der Waals surface area contributed by atoms with Crippen molar-refractivity contribution in [3.8, 4) is 0 Å². The second kappa shape index (κ2) is 7.21. The number of benzene rings is 1. The molecule has 1 aromatic rings. The van der Waals surface area contributed by atoms with E-state index in [0.29, 0.717) is 31.8 Å². The maximum atomic E-state index is 12.5. The fourth-order valence-corrected chi connectivity index (χ4v) is 3.96. The topological polar surface area (TPSA) is 75.7 Å². The quantitative estimate of drug-likeness (QED) is 0.865. The number of anilines is 1. The molecule has 1 aromatic carbocycles. The molecule has 1 N–H and O–H groups in total. The summed E-state index contributed by atoms with van der Waals surface area (Å²) in [7, 11) is -3.53. The summed E-state index contributed by atoms with van der Waals surface area (Å²) >= 11 is 0. The van der Waals surface area contributed by atoms with Crippen molar-refractivity contribution in [3.63, 3.8) is 0 Å². The molecule has 1 heterocycles. The summed E-state index contributed by atoms with van der Waals surface area (Å²) in [5, 5.41) is 2.72. The highest BCUT2D eigenvalue weighted by Crippen LogP contribution is 2.21. The van der Waals surface area contributed by atoms with E-state index in [-0.39, 0.29) is 10.8 Å². The van der Waals surface area contributed by atoms with Gasteiger partial charge in [0.15, 0.2) is 0 Å². The summed E-state index contributed by atoms with van der Waals surface area (Å²) in [6.07, 6.45) is 1.13. The molecule has 1 fully saturated rings. The van der Waals surface area contributed by atoms with Gasteiger partial charge >= 0.3 is 0 Å². The van der Waals surface area contributed by atoms with Gasteiger partial charge in [-0.05, 0) is 31.0 Å². The monoisotopic (exact) mass is 326 g/mol. The average molecular weight is 326 g/mol. The molecule has 1 aliphatic heterocycles. The first-order valence-electron chi connectivity index (χ1n) is 7.51. The van der Waals surface area contributed by atoms with Crippen LogP contribution in [0.2, 0.25) is 0 Å². The fraction of sp³-hybridized carbons (Fsp3) is 0.533. The maximum Gasteiger partial charge on any atom is 0.253 e. The summed E-state index contributed by atoms with van der Waals surface area (Å²) in [5.74, 6) is -0.227. The molecule has 0 radical (unpaired) electrons. The van der Waals surface area contributed by atoms with Gasteiger partial charge in [-0.25, -0.2) is 8.42 Å². The Bertz CT molecular complexity index is 620. The lowest BCUT2D eigenvalue weighted by Gasteiger charge is -2.19. The molecule has 122 valence electrons. The molecule has 7 heteroatoms. The van der Waals surface area contributed by atoms with Gasteiger partial charge in [0.1, 0.15) is 6.10 Å². The number of sulfonamides is 1. The second-order valence-corrected chi connectivity index (χ2v) is 7.05. The van der Waals surface area contributed by atoms with E-state index >= 15 is 0 Å². The molecule has 1 atom stereocenters. The molecule has 0 bridgehead atoms. The number of hydrogen-bond acceptors (Lipinski definition) is 4. The summed E-state index contributed by atoms with van der Waals surface area (Å²) in [6, 6.07) is 6.32. The molecule has 2 rings (SSSR count). The fourth-order valence-electron chi connectivity index (χ4n) is 2.45. The van der Waals surface area contributed by atoms with Crippen LogP contribution in [-0.2, 0) is 19.6 Å². The lowest BCUT2D eigenvalue weighted by molar-refractivity contribution is -0.124. The Morgan fingerprint density at radius 3 is 2.68 bits per heavy atom. The Balaban J connectivity index is 2.17. The number of nitrogens with zero attached hydrogens (tertiary/aromatic N) is 1. The van der Waals surface area contributed by atoms with Crippen LogP contribution in [0.15, 0.2) is 29.2 Å². The van der Waals surface area contributed by atoms with E-state index in [1.165, 1.54) is 16.4 Å². The van der Waals surface area contributed by atoms with Gasteiger partial charge in [0.25, 0.3) is 5.91 Å². The number of nitrogens with one attached hydrogen (secondary N) is 1. The number of carbonyl (C=O) groups is 1. The van der Waals surface area contributed by atoms with Crippen LogP contribution >= 0.6 is 0 Å². The van der Waals surface area contributed by atoms with E-state index in [1.54, 1.807) is 26.0 Å². The van der Waals surface area contributed by atoms with Gasteiger partial charge in [0.05, 0.1) is 4.90 Å². The molecule has 1 amide bonds. The minimum Gasteiger partial charge on any atom is -0.368 e. The van der Waals surface area contributed by atoms with Gasteiger partial charge in [0.2, 0.25) is 10.0 Å². The zero-order chi connectivity index (χ0) is 16.2. The molecule has 0 saturated carbocycles. The zero-order valence-corrected chi connectivity index (χ0v) is 13.7. The number of hydrogen-bond donors (Lipinski definition) is 1. The number of amides is 1. The maximum absolute atomic E-state index is 12.5. The first-order valence-corrected chi connectivity index (χ1v) is 8.95. The predicted octanol–water partition coefficient (Wildman–Crippen LogP) is 1.83. The van der Waals surface area contributed by atoms with Crippen LogP contribution in [0.25, 0.3) is 0 Å². The van der Waals surface area contributed by atoms with Crippen molar-refractivity contribution in [3.05, 3.63) is 24.3 Å². The Labute approximate surface area is 131 Å². The number of ether oxygens (including phenoxy) is 1. The zero-order valence-electron chi connectivity index (χ0n) is 12.9. The number of carbonyl (C=O) groups excluding carboxylic acids is 1. The summed E-state index contributed by atoms with van der Waals surface area (Å²) in [4.78, 5) is 12.2. The van der Waals surface area contributed by atoms with Crippen molar-refractivity contribution in [1.29, 1.82) is 0 Å². The van der Waals surface area contributed by atoms with Gasteiger partial charge in [-0.15, -0.1) is 0 Å². The average Bonchev–Trinajstić information content (AvgIpc) is 3.03. The van der Waals surface area contributed by atoms with Crippen molar-refractivity contribution < 1.29 is 17.9 Å². The van der Waals surface area contributed by atoms with Crippen LogP contribution in [0.4, 0.5) is 5.69 Å². The molecule has 22 heavy (non-hydrogen) atoms. The lowest BCUT2D eigenvalue weighted by Crippen LogP contribution is -2.31. The van der Waals surface area contributed by atoms with E-state index in [4.69, 9.17) is 4.74 Å². The van der Waals surface area contributed by atoms with Crippen LogP contribution in [0.3, 0.4) is 0 Å². The first kappa shape index (κ1) is 16.9. The third-order valence-corrected chi connectivity index (χ3v) is 5.71. The van der Waals surface area contributed by atoms with Gasteiger partial charge in [-0.1, -0.05) is 19.9 Å². The highest BCUT2D eigenvalue weighted by Gasteiger charge is 2.25. The van der Waals surface area contributed by atoms with Gasteiger partial charge in [0, 0.05) is 25.4 Å². The normalized spacial score (nSPS) is 18.6. The standard InChI is InChI=1S/C15H22N2O4S/c1-3-17(4-2)22(19,20)13-8-5-7-12(11-13)16-15(18)14-9-6-10-21-14/h5,7-8,11,14H,3-4,6,9-10H2,1-2H3,(H,16,18)/t14-/m0/s1. The first-order chi connectivity index (χ1) is 10.5. The van der Waals surface area contributed by atoms with Crippen LogP contribution < -0.4 is 5.32 Å². The molecule has 0 unspecified atom stereocenters. The second-order valence-electron chi connectivity index (χ2n) is 5.11. The van der Waals surface area contributed by atoms with Gasteiger partial charge in [-0.3, -0.25) is 4.79 Å². The Kier molecular flexibility index (Phi) is 5.55. The Morgan fingerprint density at radius 1 is 1.36 bits per heavy atom. The van der Waals surface area contributed by atoms with Crippen LogP contribution in [0.5, 0.6) is 0 Å². The van der Waals surface area contributed by atoms with E-state index in [9.17, 15) is 13.2 Å². The molecule has 0 aromatic heterocycles. The smallest absolute Gasteiger partial charge is 0.253 e. The minimum absolute atomic E-state index is 0.182. The van der Waals surface area contributed by atoms with Crippen molar-refractivity contribution >= 4 is 21.6 Å². The lowest BCUT2D eigenvalue weighted by atomic mass is 10.2. The van der Waals surface area contributed by atoms with Crippen LogP contribution in [-0.4, -0.2) is 44.4 Å². The van der Waals surface area contributed by atoms with Crippen molar-refractivity contribution in [2.24, 2.45) is 0 Å². The predicted molar refractivity (Wildman–Crippen MR) is 84.2 cm³/mol. The van der Waals surface area contributed by atoms with E-state index < -0.39 is 16.1 Å². The molecule has 6 nitrogen and oxygen atoms in total. The van der Waals surface area contributed by atoms with E-state index in [0.717, 1.165) is 6.42 Å². The molecule has 0 aliphatic carbocycles. The molecular formula is C15H22N2O4S. The highest BCUT2D eigenvalue weighted by molar-refractivity contribution is 7.89. The Morgan fingerprint density at radius 2 is 2.09 bits per heavy atom. The summed E-state index contributed by atoms with van der Waals surface area (Å²) < 4.78 is 31.7. The van der Waals surface area contributed by atoms with Gasteiger partial charge in [-0.2, -0.15) is 4.31 Å². The largest absolute Gasteiger partial charge is 0.368 e. The van der Waals surface area contributed by atoms with Crippen LogP contribution in [0, 0.1) is 0 Å². The van der Waals surface area contributed by atoms with Crippen LogP contribution in [0.1, 0.15) is 26.7 Å². The SMILES string of the molecule is CCN(CC)S(=O)(=O)c1cccc(NC(=O)[C@@H]2CCCO2)c1. The third kappa shape index (κ3) is 3.66. The molecule has 1 saturated heterocycles. The highest BCUT2D eigenvalue weighted by atomic mass is 32.2. The van der Waals surface area contributed by atoms with Gasteiger partial charge < -0.3 is 10.1 Å². The van der Waals surface area contributed by atoms with Crippen molar-refractivity contribution in [2.75, 3.05) is 25.0 Å². The molecular weight excluding hydrogens is 304 g/mol. The minimum atomic E-state index is -3.53. The summed E-state index contributed by atoms with van der Waals surface area (Å²) in [5.41, 5.74) is 0.466. The molecule has 1 aliphatic rings. The Hall–Kier alpha value is -1.44. The summed E-state index contributed by atoms with van der Waals surface area (Å²) in [6.45, 7) is 5.00. The van der Waals surface area contributed by atoms with E-state index in [2.05, 4.69) is 5.32 Å². The number of rotatable bonds is 6. The van der Waals surface area contributed by atoms with Crippen molar-refractivity contribution in [2.45, 2.75) is 37.7 Å². The third-order valence-electron chi connectivity index (χ3n) is 3.67. The van der Waals surface area contributed by atoms with E-state index in [1.807, 2.05) is 0 Å². The van der Waals surface area contributed by atoms with Crippen molar-refractivity contribution in [1.82, 2.24) is 4.31 Å². The molecule has 0 spiro atoms.